The highest BCUT2D eigenvalue weighted by atomic mass is 79.9. The van der Waals surface area contributed by atoms with Crippen molar-refractivity contribution in [3.63, 3.8) is 0 Å². The molecule has 20 heavy (non-hydrogen) atoms. The number of sulfonamides is 1. The van der Waals surface area contributed by atoms with Gasteiger partial charge in [0, 0.05) is 17.6 Å². The number of hydrogen-bond donors (Lipinski definition) is 1. The van der Waals surface area contributed by atoms with Gasteiger partial charge < -0.3 is 5.11 Å². The predicted molar refractivity (Wildman–Crippen MR) is 80.4 cm³/mol. The SMILES string of the molecule is CCN(CC(C)C)S(=O)(=O)c1cc(C(=O)O)ccc1Br. The predicted octanol–water partition coefficient (Wildman–Crippen LogP) is 2.81. The fraction of sp³-hybridized carbons (Fsp3) is 0.462. The lowest BCUT2D eigenvalue weighted by Gasteiger charge is -2.23. The van der Waals surface area contributed by atoms with E-state index >= 15 is 0 Å². The summed E-state index contributed by atoms with van der Waals surface area (Å²) in [6.45, 7) is 6.35. The van der Waals surface area contributed by atoms with Crippen molar-refractivity contribution in [2.45, 2.75) is 25.7 Å². The summed E-state index contributed by atoms with van der Waals surface area (Å²) in [5.41, 5.74) is -0.0487. The van der Waals surface area contributed by atoms with Crippen molar-refractivity contribution in [2.75, 3.05) is 13.1 Å². The molecule has 0 amide bonds. The Morgan fingerprint density at radius 2 is 2.00 bits per heavy atom. The number of carboxylic acid groups (broad SMARTS) is 1. The second-order valence-corrected chi connectivity index (χ2v) is 7.56. The number of carbonyl (C=O) groups is 1. The molecule has 1 aromatic rings. The van der Waals surface area contributed by atoms with E-state index in [1.165, 1.54) is 22.5 Å². The molecule has 0 saturated carbocycles. The summed E-state index contributed by atoms with van der Waals surface area (Å²) < 4.78 is 26.9. The van der Waals surface area contributed by atoms with E-state index in [9.17, 15) is 13.2 Å². The zero-order chi connectivity index (χ0) is 15.5. The minimum absolute atomic E-state index is 0.0140. The maximum absolute atomic E-state index is 12.6. The second kappa shape index (κ2) is 6.69. The van der Waals surface area contributed by atoms with Gasteiger partial charge in [0.2, 0.25) is 10.0 Å². The lowest BCUT2D eigenvalue weighted by Crippen LogP contribution is -2.34. The van der Waals surface area contributed by atoms with Gasteiger partial charge in [0.05, 0.1) is 10.5 Å². The Bertz CT molecular complexity index is 598. The van der Waals surface area contributed by atoms with Gasteiger partial charge in [-0.15, -0.1) is 0 Å². The number of benzene rings is 1. The van der Waals surface area contributed by atoms with E-state index in [-0.39, 0.29) is 16.4 Å². The molecule has 0 aliphatic heterocycles. The van der Waals surface area contributed by atoms with E-state index in [0.717, 1.165) is 0 Å². The molecule has 0 bridgehead atoms. The Morgan fingerprint density at radius 1 is 1.40 bits per heavy atom. The first-order valence-electron chi connectivity index (χ1n) is 6.23. The number of hydrogen-bond acceptors (Lipinski definition) is 3. The van der Waals surface area contributed by atoms with Gasteiger partial charge in [0.25, 0.3) is 0 Å². The van der Waals surface area contributed by atoms with Crippen LogP contribution in [-0.4, -0.2) is 36.9 Å². The third kappa shape index (κ3) is 3.80. The Labute approximate surface area is 127 Å². The minimum atomic E-state index is -3.71. The zero-order valence-corrected chi connectivity index (χ0v) is 14.0. The first-order chi connectivity index (χ1) is 9.20. The van der Waals surface area contributed by atoms with Crippen LogP contribution in [0.4, 0.5) is 0 Å². The average molecular weight is 364 g/mol. The van der Waals surface area contributed by atoms with Crippen LogP contribution in [0.3, 0.4) is 0 Å². The van der Waals surface area contributed by atoms with Crippen LogP contribution in [-0.2, 0) is 10.0 Å². The Balaban J connectivity index is 3.33. The third-order valence-corrected chi connectivity index (χ3v) is 5.65. The van der Waals surface area contributed by atoms with Gasteiger partial charge in [-0.1, -0.05) is 20.8 Å². The standard InChI is InChI=1S/C13H18BrNO4S/c1-4-15(8-9(2)3)20(18,19)12-7-10(13(16)17)5-6-11(12)14/h5-7,9H,4,8H2,1-3H3,(H,16,17). The molecule has 1 rings (SSSR count). The van der Waals surface area contributed by atoms with Crippen LogP contribution < -0.4 is 0 Å². The minimum Gasteiger partial charge on any atom is -0.478 e. The lowest BCUT2D eigenvalue weighted by atomic mass is 10.2. The van der Waals surface area contributed by atoms with Crippen molar-refractivity contribution >= 4 is 31.9 Å². The van der Waals surface area contributed by atoms with Crippen molar-refractivity contribution in [2.24, 2.45) is 5.92 Å². The van der Waals surface area contributed by atoms with E-state index in [2.05, 4.69) is 15.9 Å². The molecule has 0 spiro atoms. The molecule has 7 heteroatoms. The molecule has 0 heterocycles. The molecule has 0 aliphatic carbocycles. The van der Waals surface area contributed by atoms with E-state index in [1.807, 2.05) is 13.8 Å². The monoisotopic (exact) mass is 363 g/mol. The number of aromatic carboxylic acids is 1. The van der Waals surface area contributed by atoms with Crippen LogP contribution in [0.15, 0.2) is 27.6 Å². The number of nitrogens with zero attached hydrogens (tertiary/aromatic N) is 1. The highest BCUT2D eigenvalue weighted by molar-refractivity contribution is 9.10. The Kier molecular flexibility index (Phi) is 5.73. The molecule has 0 aromatic heterocycles. The van der Waals surface area contributed by atoms with Crippen LogP contribution in [0.5, 0.6) is 0 Å². The van der Waals surface area contributed by atoms with Crippen molar-refractivity contribution in [1.82, 2.24) is 4.31 Å². The van der Waals surface area contributed by atoms with Crippen LogP contribution in [0, 0.1) is 5.92 Å². The summed E-state index contributed by atoms with van der Waals surface area (Å²) in [7, 11) is -3.71. The van der Waals surface area contributed by atoms with Gasteiger partial charge in [-0.2, -0.15) is 4.31 Å². The number of carboxylic acids is 1. The normalized spacial score (nSPS) is 12.1. The lowest BCUT2D eigenvalue weighted by molar-refractivity contribution is 0.0696. The molecule has 5 nitrogen and oxygen atoms in total. The maximum atomic E-state index is 12.6. The van der Waals surface area contributed by atoms with Crippen LogP contribution >= 0.6 is 15.9 Å². The second-order valence-electron chi connectivity index (χ2n) is 4.80. The molecule has 0 aliphatic rings. The third-order valence-electron chi connectivity index (χ3n) is 2.72. The van der Waals surface area contributed by atoms with Gasteiger partial charge in [-0.05, 0) is 40.0 Å². The fourth-order valence-electron chi connectivity index (χ4n) is 1.78. The molecular weight excluding hydrogens is 346 g/mol. The average Bonchev–Trinajstić information content (AvgIpc) is 2.35. The maximum Gasteiger partial charge on any atom is 0.335 e. The molecule has 1 N–H and O–H groups in total. The molecule has 0 saturated heterocycles. The number of halogens is 1. The van der Waals surface area contributed by atoms with Crippen molar-refractivity contribution in [3.8, 4) is 0 Å². The summed E-state index contributed by atoms with van der Waals surface area (Å²) in [6.07, 6.45) is 0. The van der Waals surface area contributed by atoms with Crippen molar-refractivity contribution in [3.05, 3.63) is 28.2 Å². The van der Waals surface area contributed by atoms with Crippen molar-refractivity contribution in [1.29, 1.82) is 0 Å². The molecule has 1 aromatic carbocycles. The Hall–Kier alpha value is -0.920. The highest BCUT2D eigenvalue weighted by Crippen LogP contribution is 2.26. The molecule has 0 fully saturated rings. The first-order valence-corrected chi connectivity index (χ1v) is 8.46. The molecular formula is C13H18BrNO4S. The first kappa shape index (κ1) is 17.1. The number of rotatable bonds is 6. The van der Waals surface area contributed by atoms with Crippen molar-refractivity contribution < 1.29 is 18.3 Å². The molecule has 0 radical (unpaired) electrons. The summed E-state index contributed by atoms with van der Waals surface area (Å²) in [6, 6.07) is 3.99. The van der Waals surface area contributed by atoms with Gasteiger partial charge in [0.15, 0.2) is 0 Å². The van der Waals surface area contributed by atoms with Crippen LogP contribution in [0.1, 0.15) is 31.1 Å². The highest BCUT2D eigenvalue weighted by Gasteiger charge is 2.26. The van der Waals surface area contributed by atoms with Crippen LogP contribution in [0.2, 0.25) is 0 Å². The van der Waals surface area contributed by atoms with E-state index in [0.29, 0.717) is 17.6 Å². The van der Waals surface area contributed by atoms with E-state index < -0.39 is 16.0 Å². The zero-order valence-electron chi connectivity index (χ0n) is 11.6. The van der Waals surface area contributed by atoms with E-state index in [1.54, 1.807) is 6.92 Å². The topological polar surface area (TPSA) is 74.7 Å². The Morgan fingerprint density at radius 3 is 2.45 bits per heavy atom. The summed E-state index contributed by atoms with van der Waals surface area (Å²) in [5.74, 6) is -0.966. The molecule has 0 atom stereocenters. The summed E-state index contributed by atoms with van der Waals surface area (Å²) >= 11 is 3.18. The van der Waals surface area contributed by atoms with Gasteiger partial charge >= 0.3 is 5.97 Å². The van der Waals surface area contributed by atoms with Gasteiger partial charge in [-0.25, -0.2) is 13.2 Å². The fourth-order valence-corrected chi connectivity index (χ4v) is 4.34. The summed E-state index contributed by atoms with van der Waals surface area (Å²) in [5, 5.41) is 8.98. The molecule has 112 valence electrons. The molecule has 0 unspecified atom stereocenters. The van der Waals surface area contributed by atoms with Crippen LogP contribution in [0.25, 0.3) is 0 Å². The van der Waals surface area contributed by atoms with E-state index in [4.69, 9.17) is 5.11 Å². The smallest absolute Gasteiger partial charge is 0.335 e. The summed E-state index contributed by atoms with van der Waals surface area (Å²) in [4.78, 5) is 11.0. The van der Waals surface area contributed by atoms with Gasteiger partial charge in [-0.3, -0.25) is 0 Å². The van der Waals surface area contributed by atoms with Gasteiger partial charge in [0.1, 0.15) is 0 Å². The largest absolute Gasteiger partial charge is 0.478 e. The quantitative estimate of drug-likeness (QED) is 0.842.